The smallest absolute Gasteiger partial charge is 0.104 e. The second kappa shape index (κ2) is 6.32. The van der Waals surface area contributed by atoms with Crippen LogP contribution in [0, 0.1) is 0 Å². The van der Waals surface area contributed by atoms with Gasteiger partial charge in [0.05, 0.1) is 34.1 Å². The molecule has 0 aliphatic carbocycles. The lowest BCUT2D eigenvalue weighted by Gasteiger charge is -2.39. The monoisotopic (exact) mass is 258 g/mol. The van der Waals surface area contributed by atoms with Crippen LogP contribution in [-0.2, 0) is 14.2 Å². The molecule has 2 aliphatic rings. The minimum absolute atomic E-state index is 0.128. The minimum atomic E-state index is -0.128. The van der Waals surface area contributed by atoms with E-state index in [9.17, 15) is 0 Å². The van der Waals surface area contributed by atoms with Crippen LogP contribution < -0.4 is 0 Å². The highest BCUT2D eigenvalue weighted by molar-refractivity contribution is 6.39. The molecule has 3 nitrogen and oxygen atoms in total. The molecule has 0 amide bonds. The van der Waals surface area contributed by atoms with Gasteiger partial charge in [0.2, 0.25) is 0 Å². The van der Waals surface area contributed by atoms with Crippen LogP contribution in [0.3, 0.4) is 0 Å². The van der Waals surface area contributed by atoms with Gasteiger partial charge in [-0.15, -0.1) is 0 Å². The van der Waals surface area contributed by atoms with Crippen LogP contribution in [0.5, 0.6) is 0 Å². The topological polar surface area (TPSA) is 31.0 Å². The molecule has 0 spiro atoms. The molecule has 2 heterocycles. The van der Waals surface area contributed by atoms with Crippen LogP contribution in [0.15, 0.2) is 0 Å². The molecule has 0 N–H and O–H groups in total. The van der Waals surface area contributed by atoms with E-state index in [1.165, 1.54) is 25.3 Å². The van der Waals surface area contributed by atoms with E-state index in [0.717, 1.165) is 26.2 Å². The molecule has 0 aromatic heterocycles. The Hall–Kier alpha value is 0.0969. The van der Waals surface area contributed by atoms with Gasteiger partial charge in [0.15, 0.2) is 0 Å². The second-order valence-corrected chi connectivity index (χ2v) is 8.33. The van der Waals surface area contributed by atoms with E-state index in [1.54, 1.807) is 0 Å². The van der Waals surface area contributed by atoms with Crippen LogP contribution in [0.4, 0.5) is 0 Å². The molecule has 17 heavy (non-hydrogen) atoms. The van der Waals surface area contributed by atoms with Gasteiger partial charge < -0.3 is 14.2 Å². The van der Waals surface area contributed by atoms with Gasteiger partial charge in [0.25, 0.3) is 0 Å². The predicted molar refractivity (Wildman–Crippen MR) is 71.3 cm³/mol. The van der Waals surface area contributed by atoms with E-state index in [4.69, 9.17) is 14.2 Å². The lowest BCUT2D eigenvalue weighted by atomic mass is 10.0. The van der Waals surface area contributed by atoms with E-state index < -0.39 is 0 Å². The zero-order valence-corrected chi connectivity index (χ0v) is 12.7. The standard InChI is InChI=1S/C13H26O3Si/c1-3-17-13(6-4-5-7-16-13)8-11(2)14-9-12-10-15-12/h11-12H,3-10,17H2,1-2H3. The summed E-state index contributed by atoms with van der Waals surface area (Å²) >= 11 is 0. The molecule has 0 saturated carbocycles. The summed E-state index contributed by atoms with van der Waals surface area (Å²) in [5.74, 6) is 0. The van der Waals surface area contributed by atoms with Crippen LogP contribution in [0.2, 0.25) is 6.04 Å². The number of epoxide rings is 1. The minimum Gasteiger partial charge on any atom is -0.379 e. The SMILES string of the molecule is CC[SiH2]C1(CC(C)OCC2CO2)CCCCO1. The quantitative estimate of drug-likeness (QED) is 0.514. The third-order valence-electron chi connectivity index (χ3n) is 3.77. The highest BCUT2D eigenvalue weighted by atomic mass is 28.2. The predicted octanol–water partition coefficient (Wildman–Crippen LogP) is 1.68. The Morgan fingerprint density at radius 1 is 1.47 bits per heavy atom. The van der Waals surface area contributed by atoms with Crippen molar-refractivity contribution in [1.29, 1.82) is 0 Å². The Kier molecular flexibility index (Phi) is 5.03. The molecule has 4 heteroatoms. The fourth-order valence-corrected chi connectivity index (χ4v) is 5.16. The molecule has 2 rings (SSSR count). The van der Waals surface area contributed by atoms with Gasteiger partial charge in [-0.2, -0.15) is 0 Å². The van der Waals surface area contributed by atoms with E-state index >= 15 is 0 Å². The second-order valence-electron chi connectivity index (χ2n) is 5.54. The molecule has 3 unspecified atom stereocenters. The molecule has 3 atom stereocenters. The Bertz CT molecular complexity index is 219. The third-order valence-corrected chi connectivity index (χ3v) is 6.03. The van der Waals surface area contributed by atoms with Crippen molar-refractivity contribution in [3.05, 3.63) is 0 Å². The fourth-order valence-electron chi connectivity index (χ4n) is 2.84. The molecule has 0 aromatic rings. The van der Waals surface area contributed by atoms with Crippen LogP contribution in [-0.4, -0.2) is 46.8 Å². The fraction of sp³-hybridized carbons (Fsp3) is 1.00. The maximum absolute atomic E-state index is 6.15. The van der Waals surface area contributed by atoms with Gasteiger partial charge in [-0.25, -0.2) is 0 Å². The first-order valence-electron chi connectivity index (χ1n) is 7.11. The zero-order valence-electron chi connectivity index (χ0n) is 11.2. The Balaban J connectivity index is 1.77. The number of hydrogen-bond acceptors (Lipinski definition) is 3. The zero-order chi connectivity index (χ0) is 12.1. The summed E-state index contributed by atoms with van der Waals surface area (Å²) < 4.78 is 17.2. The summed E-state index contributed by atoms with van der Waals surface area (Å²) in [6.45, 7) is 7.11. The van der Waals surface area contributed by atoms with E-state index in [1.807, 2.05) is 0 Å². The van der Waals surface area contributed by atoms with Gasteiger partial charge in [-0.1, -0.05) is 13.0 Å². The summed E-state index contributed by atoms with van der Waals surface area (Å²) in [6.07, 6.45) is 5.64. The molecule has 2 fully saturated rings. The normalized spacial score (nSPS) is 35.3. The van der Waals surface area contributed by atoms with Gasteiger partial charge in [-0.3, -0.25) is 0 Å². The molecular weight excluding hydrogens is 232 g/mol. The van der Waals surface area contributed by atoms with Crippen molar-refractivity contribution in [2.24, 2.45) is 0 Å². The first-order valence-corrected chi connectivity index (χ1v) is 8.82. The van der Waals surface area contributed by atoms with Gasteiger partial charge in [0, 0.05) is 6.61 Å². The molecular formula is C13H26O3Si. The van der Waals surface area contributed by atoms with E-state index in [-0.39, 0.29) is 14.7 Å². The van der Waals surface area contributed by atoms with E-state index in [2.05, 4.69) is 13.8 Å². The lowest BCUT2D eigenvalue weighted by molar-refractivity contribution is -0.0614. The highest BCUT2D eigenvalue weighted by Crippen LogP contribution is 2.30. The Morgan fingerprint density at radius 3 is 2.88 bits per heavy atom. The molecule has 100 valence electrons. The van der Waals surface area contributed by atoms with Crippen molar-refractivity contribution in [3.63, 3.8) is 0 Å². The molecule has 2 aliphatic heterocycles. The third kappa shape index (κ3) is 4.36. The molecule has 0 aromatic carbocycles. The van der Waals surface area contributed by atoms with Gasteiger partial charge in [0.1, 0.15) is 6.10 Å². The van der Waals surface area contributed by atoms with Crippen molar-refractivity contribution in [3.8, 4) is 0 Å². The van der Waals surface area contributed by atoms with Gasteiger partial charge in [-0.05, 0) is 32.6 Å². The first-order chi connectivity index (χ1) is 8.24. The number of ether oxygens (including phenoxy) is 3. The molecule has 2 saturated heterocycles. The summed E-state index contributed by atoms with van der Waals surface area (Å²) in [7, 11) is -0.128. The van der Waals surface area contributed by atoms with Crippen molar-refractivity contribution in [2.45, 2.75) is 63.0 Å². The van der Waals surface area contributed by atoms with Crippen molar-refractivity contribution in [1.82, 2.24) is 0 Å². The van der Waals surface area contributed by atoms with Crippen LogP contribution >= 0.6 is 0 Å². The first kappa shape index (κ1) is 13.5. The molecule has 0 bridgehead atoms. The summed E-state index contributed by atoms with van der Waals surface area (Å²) in [6, 6.07) is 1.33. The lowest BCUT2D eigenvalue weighted by Crippen LogP contribution is -2.44. The van der Waals surface area contributed by atoms with Crippen molar-refractivity contribution >= 4 is 9.52 Å². The summed E-state index contributed by atoms with van der Waals surface area (Å²) in [5.41, 5.74) is 0. The summed E-state index contributed by atoms with van der Waals surface area (Å²) in [5, 5.41) is 0.233. The van der Waals surface area contributed by atoms with Crippen LogP contribution in [0.25, 0.3) is 0 Å². The Labute approximate surface area is 107 Å². The van der Waals surface area contributed by atoms with Crippen molar-refractivity contribution < 1.29 is 14.2 Å². The van der Waals surface area contributed by atoms with Crippen LogP contribution in [0.1, 0.15) is 39.5 Å². The number of rotatable bonds is 7. The molecule has 0 radical (unpaired) electrons. The maximum Gasteiger partial charge on any atom is 0.104 e. The maximum atomic E-state index is 6.15. The highest BCUT2D eigenvalue weighted by Gasteiger charge is 2.34. The largest absolute Gasteiger partial charge is 0.379 e. The Morgan fingerprint density at radius 2 is 2.29 bits per heavy atom. The van der Waals surface area contributed by atoms with Crippen molar-refractivity contribution in [2.75, 3.05) is 19.8 Å². The summed E-state index contributed by atoms with van der Waals surface area (Å²) in [4.78, 5) is 0. The van der Waals surface area contributed by atoms with Gasteiger partial charge >= 0.3 is 0 Å². The average molecular weight is 258 g/mol. The number of hydrogen-bond donors (Lipinski definition) is 0. The van der Waals surface area contributed by atoms with E-state index in [0.29, 0.717) is 12.2 Å². The average Bonchev–Trinajstić information content (AvgIpc) is 3.11.